The number of carboxylic acid groups (broad SMARTS) is 1. The van der Waals surface area contributed by atoms with E-state index < -0.39 is 27.7 Å². The molecule has 3 aromatic rings. The van der Waals surface area contributed by atoms with Crippen LogP contribution in [0.15, 0.2) is 48.7 Å². The predicted molar refractivity (Wildman–Crippen MR) is 122 cm³/mol. The van der Waals surface area contributed by atoms with Crippen LogP contribution in [0.25, 0.3) is 10.9 Å². The molecule has 0 spiro atoms. The van der Waals surface area contributed by atoms with Crippen LogP contribution in [0.1, 0.15) is 12.8 Å². The Labute approximate surface area is 199 Å². The third-order valence-electron chi connectivity index (χ3n) is 5.12. The van der Waals surface area contributed by atoms with Gasteiger partial charge in [-0.3, -0.25) is 23.5 Å². The number of carbonyl (C=O) groups excluding carboxylic acids is 1. The Balaban J connectivity index is 0.00000167. The number of carbonyl (C=O) groups is 2. The van der Waals surface area contributed by atoms with E-state index in [9.17, 15) is 27.5 Å². The van der Waals surface area contributed by atoms with E-state index in [4.69, 9.17) is 14.0 Å². The van der Waals surface area contributed by atoms with Crippen LogP contribution >= 0.6 is 0 Å². The number of amides is 1. The number of fused-ring (bicyclic) bond motifs is 1. The van der Waals surface area contributed by atoms with Gasteiger partial charge in [-0.25, -0.2) is 0 Å². The van der Waals surface area contributed by atoms with E-state index >= 15 is 0 Å². The number of pyridine rings is 1. The van der Waals surface area contributed by atoms with E-state index in [0.717, 1.165) is 0 Å². The Kier molecular flexibility index (Phi) is 7.41. The topological polar surface area (TPSA) is 161 Å². The molecule has 1 saturated carbocycles. The van der Waals surface area contributed by atoms with Crippen LogP contribution in [-0.2, 0) is 20.0 Å². The minimum atomic E-state index is -4.76. The van der Waals surface area contributed by atoms with Gasteiger partial charge in [0.25, 0.3) is 0 Å². The first-order chi connectivity index (χ1) is 16.6. The molecule has 1 aromatic heterocycles. The highest BCUT2D eigenvalue weighted by molar-refractivity contribution is 7.81. The molecule has 1 heterocycles. The highest BCUT2D eigenvalue weighted by Gasteiger charge is 2.57. The van der Waals surface area contributed by atoms with Crippen molar-refractivity contribution in [3.63, 3.8) is 0 Å². The van der Waals surface area contributed by atoms with Crippen molar-refractivity contribution >= 4 is 38.9 Å². The molecule has 13 heteroatoms. The molecule has 1 aliphatic rings. The summed E-state index contributed by atoms with van der Waals surface area (Å²) in [7, 11) is -2.96. The summed E-state index contributed by atoms with van der Waals surface area (Å²) in [6.45, 7) is 0. The predicted octanol–water partition coefficient (Wildman–Crippen LogP) is 3.61. The molecule has 0 bridgehead atoms. The average molecular weight is 508 g/mol. The molecule has 4 rings (SSSR count). The van der Waals surface area contributed by atoms with Gasteiger partial charge in [-0.05, 0) is 49.2 Å². The first-order valence-electron chi connectivity index (χ1n) is 9.95. The van der Waals surface area contributed by atoms with Gasteiger partial charge >= 0.3 is 16.4 Å². The number of aromatic nitrogens is 1. The Bertz CT molecular complexity index is 1360. The van der Waals surface area contributed by atoms with Gasteiger partial charge < -0.3 is 24.1 Å². The van der Waals surface area contributed by atoms with Crippen molar-refractivity contribution in [3.05, 3.63) is 48.7 Å². The second-order valence-electron chi connectivity index (χ2n) is 7.31. The maximum absolute atomic E-state index is 12.2. The molecule has 1 aliphatic carbocycles. The largest absolute Gasteiger partial charge is 0.493 e. The van der Waals surface area contributed by atoms with E-state index in [0.29, 0.717) is 48.1 Å². The van der Waals surface area contributed by atoms with E-state index in [1.54, 1.807) is 30.3 Å². The smallest absolute Gasteiger partial charge is 0.446 e. The molecule has 3 N–H and O–H groups in total. The lowest BCUT2D eigenvalue weighted by molar-refractivity contribution is -0.147. The molecule has 0 atom stereocenters. The van der Waals surface area contributed by atoms with Crippen molar-refractivity contribution in [2.45, 2.75) is 12.8 Å². The summed E-state index contributed by atoms with van der Waals surface area (Å²) in [5.41, 5.74) is -0.602. The number of nitrogens with zero attached hydrogens (tertiary/aromatic N) is 1. The summed E-state index contributed by atoms with van der Waals surface area (Å²) < 4.78 is 56.2. The Morgan fingerprint density at radius 3 is 2.26 bits per heavy atom. The van der Waals surface area contributed by atoms with E-state index in [-0.39, 0.29) is 11.5 Å². The minimum Gasteiger partial charge on any atom is -0.493 e. The number of aliphatic carboxylic acids is 1. The van der Waals surface area contributed by atoms with E-state index in [2.05, 4.69) is 14.5 Å². The molecule has 1 fully saturated rings. The number of hydrogen-bond acceptors (Lipinski definition) is 8. The third-order valence-corrected chi connectivity index (χ3v) is 5.51. The van der Waals surface area contributed by atoms with Crippen LogP contribution < -0.4 is 19.0 Å². The average Bonchev–Trinajstić information content (AvgIpc) is 3.63. The first kappa shape index (κ1) is 25.6. The fourth-order valence-electron chi connectivity index (χ4n) is 3.20. The Morgan fingerprint density at radius 1 is 1.06 bits per heavy atom. The molecular formula is C22H21FN2O9S. The molecular weight excluding hydrogens is 487 g/mol. The number of benzene rings is 2. The van der Waals surface area contributed by atoms with Gasteiger partial charge in [0.05, 0.1) is 19.8 Å². The summed E-state index contributed by atoms with van der Waals surface area (Å²) in [4.78, 5) is 27.7. The first-order valence-corrected chi connectivity index (χ1v) is 11.3. The van der Waals surface area contributed by atoms with Crippen molar-refractivity contribution in [1.82, 2.24) is 4.98 Å². The van der Waals surface area contributed by atoms with Crippen molar-refractivity contribution in [2.24, 2.45) is 5.41 Å². The molecule has 1 amide bonds. The molecule has 186 valence electrons. The van der Waals surface area contributed by atoms with E-state index in [1.165, 1.54) is 25.4 Å². The van der Waals surface area contributed by atoms with Crippen molar-refractivity contribution in [3.8, 4) is 23.0 Å². The van der Waals surface area contributed by atoms with Crippen molar-refractivity contribution in [2.75, 3.05) is 19.6 Å². The fourth-order valence-corrected chi connectivity index (χ4v) is 3.56. The Morgan fingerprint density at radius 2 is 1.71 bits per heavy atom. The number of alkyl halides is 1. The summed E-state index contributed by atoms with van der Waals surface area (Å²) >= 11 is 0. The number of rotatable bonds is 8. The monoisotopic (exact) mass is 508 g/mol. The number of hydrogen-bond donors (Lipinski definition) is 3. The van der Waals surface area contributed by atoms with Crippen LogP contribution in [-0.4, -0.2) is 49.2 Å². The summed E-state index contributed by atoms with van der Waals surface area (Å²) in [6.07, 6.45) is 2.06. The van der Waals surface area contributed by atoms with Gasteiger partial charge in [0, 0.05) is 23.3 Å². The van der Waals surface area contributed by atoms with Gasteiger partial charge in [0.1, 0.15) is 16.9 Å². The van der Waals surface area contributed by atoms with Crippen LogP contribution in [0, 0.1) is 5.41 Å². The fraction of sp³-hybridized carbons (Fsp3) is 0.227. The number of carboxylic acids is 1. The zero-order valence-electron chi connectivity index (χ0n) is 18.5. The molecule has 2 aromatic carbocycles. The summed E-state index contributed by atoms with van der Waals surface area (Å²) in [5.74, 6) is -1.12. The lowest BCUT2D eigenvalue weighted by Gasteiger charge is -2.13. The highest BCUT2D eigenvalue weighted by atomic mass is 32.3. The lowest BCUT2D eigenvalue weighted by Crippen LogP contribution is -2.31. The molecule has 11 nitrogen and oxygen atoms in total. The normalized spacial score (nSPS) is 13.7. The zero-order valence-corrected chi connectivity index (χ0v) is 19.3. The van der Waals surface area contributed by atoms with Gasteiger partial charge in [-0.1, -0.05) is 0 Å². The molecule has 35 heavy (non-hydrogen) atoms. The molecule has 0 saturated heterocycles. The minimum absolute atomic E-state index is 0.0310. The molecule has 0 radical (unpaired) electrons. The second kappa shape index (κ2) is 10.1. The quantitative estimate of drug-likeness (QED) is 0.303. The maximum atomic E-state index is 12.2. The van der Waals surface area contributed by atoms with Crippen molar-refractivity contribution in [1.29, 1.82) is 0 Å². The maximum Gasteiger partial charge on any atom is 0.446 e. The standard InChI is InChI=1S/C21H18N2O9S.CH3F/c1-30-17-10-14-15(11-18(17)32-33(27,28)29)22-9-6-16(14)31-13-4-2-12(3-5-13)23-19(24)21(7-8-21)20(25)26;1-2/h2-6,9-11H,7-8H2,1H3,(H,23,24)(H,25,26)(H,27,28,29);1H3. The van der Waals surface area contributed by atoms with Gasteiger partial charge in [-0.2, -0.15) is 8.42 Å². The number of methoxy groups -OCH3 is 1. The van der Waals surface area contributed by atoms with Gasteiger partial charge in [-0.15, -0.1) is 0 Å². The van der Waals surface area contributed by atoms with Crippen LogP contribution in [0.3, 0.4) is 0 Å². The summed E-state index contributed by atoms with van der Waals surface area (Å²) in [6, 6.07) is 10.7. The number of anilines is 1. The van der Waals surface area contributed by atoms with Gasteiger partial charge in [0.2, 0.25) is 5.91 Å². The van der Waals surface area contributed by atoms with Crippen molar-refractivity contribution < 1.29 is 45.7 Å². The van der Waals surface area contributed by atoms with Crippen LogP contribution in [0.5, 0.6) is 23.0 Å². The SMILES string of the molecule is CF.COc1cc2c(Oc3ccc(NC(=O)C4(C(=O)O)CC4)cc3)ccnc2cc1OS(=O)(=O)O. The number of ether oxygens (including phenoxy) is 2. The van der Waals surface area contributed by atoms with Gasteiger partial charge in [0.15, 0.2) is 11.5 Å². The Hall–Kier alpha value is -3.97. The van der Waals surface area contributed by atoms with Crippen LogP contribution in [0.4, 0.5) is 10.1 Å². The molecule has 0 aliphatic heterocycles. The number of halogens is 1. The number of nitrogens with one attached hydrogen (secondary N) is 1. The van der Waals surface area contributed by atoms with Crippen LogP contribution in [0.2, 0.25) is 0 Å². The lowest BCUT2D eigenvalue weighted by atomic mass is 10.1. The van der Waals surface area contributed by atoms with E-state index in [1.807, 2.05) is 0 Å². The zero-order chi connectivity index (χ0) is 25.8. The summed E-state index contributed by atoms with van der Waals surface area (Å²) in [5, 5.41) is 12.3. The highest BCUT2D eigenvalue weighted by Crippen LogP contribution is 2.47. The third kappa shape index (κ3) is 5.75. The second-order valence-corrected chi connectivity index (χ2v) is 8.33. The molecule has 0 unspecified atom stereocenters.